The molecule has 1 aliphatic rings. The fourth-order valence-corrected chi connectivity index (χ4v) is 2.98. The van der Waals surface area contributed by atoms with Gasteiger partial charge in [-0.1, -0.05) is 23.4 Å². The number of likely N-dealkylation sites (tertiary alicyclic amines) is 1. The predicted molar refractivity (Wildman–Crippen MR) is 81.2 cm³/mol. The third kappa shape index (κ3) is 4.16. The molecule has 6 nitrogen and oxygen atoms in total. The van der Waals surface area contributed by atoms with Crippen LogP contribution in [0.15, 0.2) is 28.8 Å². The van der Waals surface area contributed by atoms with Crippen LogP contribution in [0.25, 0.3) is 0 Å². The molecule has 0 unspecified atom stereocenters. The lowest BCUT2D eigenvalue weighted by molar-refractivity contribution is -0.137. The van der Waals surface area contributed by atoms with Crippen molar-refractivity contribution in [1.82, 2.24) is 15.0 Å². The van der Waals surface area contributed by atoms with Gasteiger partial charge in [0.15, 0.2) is 5.82 Å². The summed E-state index contributed by atoms with van der Waals surface area (Å²) in [7, 11) is 0. The Kier molecular flexibility index (Phi) is 4.76. The second kappa shape index (κ2) is 6.83. The van der Waals surface area contributed by atoms with Crippen molar-refractivity contribution in [3.8, 4) is 0 Å². The Morgan fingerprint density at radius 2 is 2.20 bits per heavy atom. The Morgan fingerprint density at radius 3 is 2.92 bits per heavy atom. The van der Waals surface area contributed by atoms with Gasteiger partial charge in [0.1, 0.15) is 0 Å². The first-order chi connectivity index (χ1) is 11.8. The molecule has 25 heavy (non-hydrogen) atoms. The second-order valence-electron chi connectivity index (χ2n) is 6.01. The summed E-state index contributed by atoms with van der Waals surface area (Å²) in [5, 5.41) is 3.81. The molecule has 2 N–H and O–H groups in total. The van der Waals surface area contributed by atoms with Crippen molar-refractivity contribution in [1.29, 1.82) is 0 Å². The molecule has 0 radical (unpaired) electrons. The number of hydrogen-bond donors (Lipinski definition) is 1. The third-order valence-corrected chi connectivity index (χ3v) is 4.16. The van der Waals surface area contributed by atoms with Crippen LogP contribution in [0, 0.1) is 0 Å². The van der Waals surface area contributed by atoms with Crippen LogP contribution in [0.1, 0.15) is 35.7 Å². The number of amides is 1. The SMILES string of the molecule is NC(=O)[C@@H]1CCCN1Cc1nc(Cc2cccc(C(F)(F)F)c2)no1. The Bertz CT molecular complexity index is 760. The molecule has 0 spiro atoms. The molecule has 1 amide bonds. The van der Waals surface area contributed by atoms with E-state index in [1.807, 2.05) is 4.90 Å². The van der Waals surface area contributed by atoms with Gasteiger partial charge in [-0.05, 0) is 31.0 Å². The van der Waals surface area contributed by atoms with Gasteiger partial charge >= 0.3 is 6.18 Å². The lowest BCUT2D eigenvalue weighted by atomic mass is 10.1. The minimum absolute atomic E-state index is 0.132. The van der Waals surface area contributed by atoms with E-state index in [2.05, 4.69) is 10.1 Å². The summed E-state index contributed by atoms with van der Waals surface area (Å²) in [5.41, 5.74) is 5.09. The predicted octanol–water partition coefficient (Wildman–Crippen LogP) is 2.13. The highest BCUT2D eigenvalue weighted by molar-refractivity contribution is 5.80. The van der Waals surface area contributed by atoms with Gasteiger partial charge in [-0.25, -0.2) is 0 Å². The fraction of sp³-hybridized carbons (Fsp3) is 0.438. The van der Waals surface area contributed by atoms with Crippen LogP contribution in [0.4, 0.5) is 13.2 Å². The van der Waals surface area contributed by atoms with Crippen molar-refractivity contribution in [3.05, 3.63) is 47.1 Å². The van der Waals surface area contributed by atoms with E-state index in [9.17, 15) is 18.0 Å². The molecule has 1 aromatic carbocycles. The summed E-state index contributed by atoms with van der Waals surface area (Å²) in [6, 6.07) is 4.66. The number of rotatable bonds is 5. The average Bonchev–Trinajstić information content (AvgIpc) is 3.17. The number of aromatic nitrogens is 2. The molecule has 1 fully saturated rings. The van der Waals surface area contributed by atoms with Gasteiger partial charge in [-0.2, -0.15) is 18.2 Å². The van der Waals surface area contributed by atoms with Crippen molar-refractivity contribution in [2.45, 2.75) is 38.0 Å². The van der Waals surface area contributed by atoms with Crippen molar-refractivity contribution in [3.63, 3.8) is 0 Å². The Hall–Kier alpha value is -2.42. The smallest absolute Gasteiger partial charge is 0.368 e. The molecular weight excluding hydrogens is 337 g/mol. The maximum Gasteiger partial charge on any atom is 0.416 e. The first-order valence-electron chi connectivity index (χ1n) is 7.84. The third-order valence-electron chi connectivity index (χ3n) is 4.16. The van der Waals surface area contributed by atoms with E-state index in [-0.39, 0.29) is 18.4 Å². The van der Waals surface area contributed by atoms with Crippen molar-refractivity contribution in [2.24, 2.45) is 5.73 Å². The van der Waals surface area contributed by atoms with E-state index in [0.29, 0.717) is 36.8 Å². The molecule has 1 saturated heterocycles. The summed E-state index contributed by atoms with van der Waals surface area (Å²) in [6.07, 6.45) is -2.70. The summed E-state index contributed by atoms with van der Waals surface area (Å²) < 4.78 is 43.4. The van der Waals surface area contributed by atoms with Gasteiger partial charge in [0.2, 0.25) is 11.8 Å². The number of halogens is 3. The van der Waals surface area contributed by atoms with Crippen LogP contribution in [-0.4, -0.2) is 33.5 Å². The summed E-state index contributed by atoms with van der Waals surface area (Å²) >= 11 is 0. The number of carbonyl (C=O) groups excluding carboxylic acids is 1. The van der Waals surface area contributed by atoms with E-state index < -0.39 is 11.7 Å². The highest BCUT2D eigenvalue weighted by Gasteiger charge is 2.31. The molecule has 2 aromatic rings. The minimum Gasteiger partial charge on any atom is -0.368 e. The van der Waals surface area contributed by atoms with E-state index in [4.69, 9.17) is 10.3 Å². The first kappa shape index (κ1) is 17.4. The summed E-state index contributed by atoms with van der Waals surface area (Å²) in [6.45, 7) is 1.00. The largest absolute Gasteiger partial charge is 0.416 e. The zero-order valence-corrected chi connectivity index (χ0v) is 13.3. The first-order valence-corrected chi connectivity index (χ1v) is 7.84. The molecule has 0 aliphatic carbocycles. The van der Waals surface area contributed by atoms with Gasteiger partial charge in [-0.15, -0.1) is 0 Å². The molecule has 9 heteroatoms. The summed E-state index contributed by atoms with van der Waals surface area (Å²) in [4.78, 5) is 17.5. The van der Waals surface area contributed by atoms with Crippen LogP contribution in [-0.2, 0) is 23.9 Å². The molecule has 1 aliphatic heterocycles. The molecule has 2 heterocycles. The number of nitrogens with two attached hydrogens (primary N) is 1. The van der Waals surface area contributed by atoms with Crippen LogP contribution < -0.4 is 5.73 Å². The van der Waals surface area contributed by atoms with Crippen LogP contribution >= 0.6 is 0 Å². The van der Waals surface area contributed by atoms with E-state index in [1.54, 1.807) is 6.07 Å². The molecular formula is C16H17F3N4O2. The Balaban J connectivity index is 1.67. The van der Waals surface area contributed by atoms with Gasteiger partial charge < -0.3 is 10.3 Å². The number of carbonyl (C=O) groups is 1. The number of alkyl halides is 3. The maximum absolute atomic E-state index is 12.7. The van der Waals surface area contributed by atoms with Gasteiger partial charge in [0.25, 0.3) is 0 Å². The standard InChI is InChI=1S/C16H17F3N4O2/c17-16(18,19)11-4-1-3-10(7-11)8-13-21-14(25-22-13)9-23-6-2-5-12(23)15(20)24/h1,3-4,7,12H,2,5-6,8-9H2,(H2,20,24)/t12-/m0/s1. The molecule has 1 atom stereocenters. The van der Waals surface area contributed by atoms with Crippen molar-refractivity contribution >= 4 is 5.91 Å². The number of nitrogens with zero attached hydrogens (tertiary/aromatic N) is 3. The average molecular weight is 354 g/mol. The van der Waals surface area contributed by atoms with E-state index in [1.165, 1.54) is 6.07 Å². The highest BCUT2D eigenvalue weighted by Crippen LogP contribution is 2.29. The molecule has 0 bridgehead atoms. The molecule has 1 aromatic heterocycles. The molecule has 3 rings (SSSR count). The van der Waals surface area contributed by atoms with Crippen molar-refractivity contribution < 1.29 is 22.5 Å². The lowest BCUT2D eigenvalue weighted by Crippen LogP contribution is -2.39. The summed E-state index contributed by atoms with van der Waals surface area (Å²) in [5.74, 6) is 0.223. The Morgan fingerprint density at radius 1 is 1.40 bits per heavy atom. The van der Waals surface area contributed by atoms with Gasteiger partial charge in [0, 0.05) is 6.42 Å². The number of hydrogen-bond acceptors (Lipinski definition) is 5. The molecule has 134 valence electrons. The van der Waals surface area contributed by atoms with Crippen LogP contribution in [0.2, 0.25) is 0 Å². The monoisotopic (exact) mass is 354 g/mol. The fourth-order valence-electron chi connectivity index (χ4n) is 2.98. The van der Waals surface area contributed by atoms with Crippen molar-refractivity contribution in [2.75, 3.05) is 6.54 Å². The zero-order chi connectivity index (χ0) is 18.0. The van der Waals surface area contributed by atoms with E-state index >= 15 is 0 Å². The topological polar surface area (TPSA) is 85.3 Å². The van der Waals surface area contributed by atoms with Gasteiger partial charge in [0.05, 0.1) is 18.2 Å². The van der Waals surface area contributed by atoms with Gasteiger partial charge in [-0.3, -0.25) is 9.69 Å². The number of benzene rings is 1. The lowest BCUT2D eigenvalue weighted by Gasteiger charge is -2.19. The zero-order valence-electron chi connectivity index (χ0n) is 13.3. The van der Waals surface area contributed by atoms with Crippen LogP contribution in [0.5, 0.6) is 0 Å². The van der Waals surface area contributed by atoms with Crippen LogP contribution in [0.3, 0.4) is 0 Å². The normalized spacial score (nSPS) is 18.6. The minimum atomic E-state index is -4.39. The number of primary amides is 1. The second-order valence-corrected chi connectivity index (χ2v) is 6.01. The maximum atomic E-state index is 12.7. The quantitative estimate of drug-likeness (QED) is 0.889. The van der Waals surface area contributed by atoms with E-state index in [0.717, 1.165) is 18.6 Å². The molecule has 0 saturated carbocycles. The Labute approximate surface area is 141 Å². The highest BCUT2D eigenvalue weighted by atomic mass is 19.4.